The lowest BCUT2D eigenvalue weighted by atomic mass is 10.1. The van der Waals surface area contributed by atoms with Gasteiger partial charge >= 0.3 is 0 Å². The second-order valence-corrected chi connectivity index (χ2v) is 5.21. The van der Waals surface area contributed by atoms with Crippen LogP contribution in [0.25, 0.3) is 0 Å². The molecule has 2 rings (SSSR count). The van der Waals surface area contributed by atoms with Crippen molar-refractivity contribution in [2.45, 2.75) is 32.7 Å². The summed E-state index contributed by atoms with van der Waals surface area (Å²) in [6, 6.07) is 5.44. The number of benzene rings is 1. The van der Waals surface area contributed by atoms with E-state index in [2.05, 4.69) is 10.2 Å². The van der Waals surface area contributed by atoms with Crippen molar-refractivity contribution in [1.82, 2.24) is 5.32 Å². The summed E-state index contributed by atoms with van der Waals surface area (Å²) in [5.41, 5.74) is 1.90. The third-order valence-corrected chi connectivity index (χ3v) is 3.63. The van der Waals surface area contributed by atoms with E-state index >= 15 is 0 Å². The van der Waals surface area contributed by atoms with Crippen LogP contribution in [0.15, 0.2) is 18.2 Å². The van der Waals surface area contributed by atoms with Crippen molar-refractivity contribution in [3.63, 3.8) is 0 Å². The molecule has 0 unspecified atom stereocenters. The first-order valence-corrected chi connectivity index (χ1v) is 7.63. The van der Waals surface area contributed by atoms with Crippen LogP contribution in [0.2, 0.25) is 0 Å². The topological polar surface area (TPSA) is 24.5 Å². The van der Waals surface area contributed by atoms with Gasteiger partial charge in [-0.25, -0.2) is 4.39 Å². The van der Waals surface area contributed by atoms with Gasteiger partial charge in [-0.2, -0.15) is 0 Å². The molecule has 1 fully saturated rings. The molecule has 0 aromatic heterocycles. The number of anilines is 1. The molecule has 0 bridgehead atoms. The molecule has 20 heavy (non-hydrogen) atoms. The minimum absolute atomic E-state index is 0.105. The van der Waals surface area contributed by atoms with Crippen LogP contribution in [0.3, 0.4) is 0 Å². The number of ether oxygens (including phenoxy) is 1. The number of hydrogen-bond donors (Lipinski definition) is 1. The molecule has 0 atom stereocenters. The third-order valence-electron chi connectivity index (χ3n) is 3.63. The number of nitrogens with zero attached hydrogens (tertiary/aromatic N) is 1. The Balaban J connectivity index is 1.81. The maximum Gasteiger partial charge on any atom is 0.146 e. The van der Waals surface area contributed by atoms with Gasteiger partial charge in [-0.1, -0.05) is 6.07 Å². The number of halogens is 1. The van der Waals surface area contributed by atoms with Crippen LogP contribution in [0.4, 0.5) is 10.1 Å². The van der Waals surface area contributed by atoms with Crippen LogP contribution in [0.1, 0.15) is 31.7 Å². The molecule has 1 N–H and O–H groups in total. The van der Waals surface area contributed by atoms with Crippen molar-refractivity contribution in [3.8, 4) is 0 Å². The number of hydrogen-bond acceptors (Lipinski definition) is 3. The Morgan fingerprint density at radius 1 is 1.30 bits per heavy atom. The van der Waals surface area contributed by atoms with E-state index in [0.717, 1.165) is 57.1 Å². The summed E-state index contributed by atoms with van der Waals surface area (Å²) in [6.07, 6.45) is 3.34. The number of rotatable bonds is 8. The highest BCUT2D eigenvalue weighted by Crippen LogP contribution is 2.24. The highest BCUT2D eigenvalue weighted by Gasteiger charge is 2.16. The quantitative estimate of drug-likeness (QED) is 0.741. The zero-order chi connectivity index (χ0) is 14.2. The summed E-state index contributed by atoms with van der Waals surface area (Å²) in [6.45, 7) is 7.24. The molecule has 0 amide bonds. The molecule has 0 spiro atoms. The van der Waals surface area contributed by atoms with Gasteiger partial charge in [0.05, 0.1) is 5.69 Å². The second-order valence-electron chi connectivity index (χ2n) is 5.21. The molecule has 0 radical (unpaired) electrons. The first-order valence-electron chi connectivity index (χ1n) is 7.63. The predicted molar refractivity (Wildman–Crippen MR) is 80.7 cm³/mol. The summed E-state index contributed by atoms with van der Waals surface area (Å²) in [7, 11) is 0. The largest absolute Gasteiger partial charge is 0.382 e. The van der Waals surface area contributed by atoms with E-state index in [1.165, 1.54) is 12.8 Å². The molecule has 1 aromatic carbocycles. The standard InChI is InChI=1S/C16H25FN2O/c1-2-20-11-5-8-18-13-14-6-7-15(17)16(12-14)19-9-3-4-10-19/h6-7,12,18H,2-5,8-11,13H2,1H3. The maximum absolute atomic E-state index is 13.9. The van der Waals surface area contributed by atoms with Crippen LogP contribution in [-0.2, 0) is 11.3 Å². The minimum atomic E-state index is -0.105. The fraction of sp³-hybridized carbons (Fsp3) is 0.625. The van der Waals surface area contributed by atoms with Crippen LogP contribution in [0, 0.1) is 5.82 Å². The average Bonchev–Trinajstić information content (AvgIpc) is 2.98. The highest BCUT2D eigenvalue weighted by molar-refractivity contribution is 5.50. The van der Waals surface area contributed by atoms with Gasteiger partial charge in [0.15, 0.2) is 0 Å². The lowest BCUT2D eigenvalue weighted by Gasteiger charge is -2.19. The van der Waals surface area contributed by atoms with Gasteiger partial charge in [0, 0.05) is 32.8 Å². The van der Waals surface area contributed by atoms with Gasteiger partial charge in [0.2, 0.25) is 0 Å². The van der Waals surface area contributed by atoms with Crippen LogP contribution in [0.5, 0.6) is 0 Å². The fourth-order valence-electron chi connectivity index (χ4n) is 2.54. The molecule has 0 saturated carbocycles. The first kappa shape index (κ1) is 15.3. The molecule has 4 heteroatoms. The van der Waals surface area contributed by atoms with E-state index in [4.69, 9.17) is 4.74 Å². The molecule has 1 heterocycles. The molecule has 0 aliphatic carbocycles. The van der Waals surface area contributed by atoms with E-state index < -0.39 is 0 Å². The van der Waals surface area contributed by atoms with Crippen LogP contribution in [-0.4, -0.2) is 32.8 Å². The van der Waals surface area contributed by atoms with Gasteiger partial charge in [-0.3, -0.25) is 0 Å². The maximum atomic E-state index is 13.9. The van der Waals surface area contributed by atoms with Gasteiger partial charge < -0.3 is 15.0 Å². The van der Waals surface area contributed by atoms with Gasteiger partial charge in [-0.15, -0.1) is 0 Å². The van der Waals surface area contributed by atoms with Crippen molar-refractivity contribution in [2.24, 2.45) is 0 Å². The molecule has 1 aromatic rings. The Hall–Kier alpha value is -1.13. The summed E-state index contributed by atoms with van der Waals surface area (Å²) in [5, 5.41) is 3.38. The Labute approximate surface area is 121 Å². The molecule has 1 aliphatic rings. The average molecular weight is 280 g/mol. The third kappa shape index (κ3) is 4.46. The molecule has 1 aliphatic heterocycles. The molecule has 3 nitrogen and oxygen atoms in total. The van der Waals surface area contributed by atoms with E-state index in [1.54, 1.807) is 6.07 Å². The molecular formula is C16H25FN2O. The number of nitrogens with one attached hydrogen (secondary N) is 1. The van der Waals surface area contributed by atoms with Crippen molar-refractivity contribution in [2.75, 3.05) is 37.7 Å². The smallest absolute Gasteiger partial charge is 0.146 e. The minimum Gasteiger partial charge on any atom is -0.382 e. The van der Waals surface area contributed by atoms with Crippen LogP contribution >= 0.6 is 0 Å². The van der Waals surface area contributed by atoms with Gasteiger partial charge in [0.1, 0.15) is 5.82 Å². The Morgan fingerprint density at radius 2 is 2.10 bits per heavy atom. The first-order chi connectivity index (χ1) is 9.81. The van der Waals surface area contributed by atoms with E-state index in [9.17, 15) is 4.39 Å². The summed E-state index contributed by atoms with van der Waals surface area (Å²) in [4.78, 5) is 2.15. The Bertz CT molecular complexity index is 405. The molecule has 1 saturated heterocycles. The SMILES string of the molecule is CCOCCCNCc1ccc(F)c(N2CCCC2)c1. The van der Waals surface area contributed by atoms with Crippen LogP contribution < -0.4 is 10.2 Å². The zero-order valence-corrected chi connectivity index (χ0v) is 12.3. The van der Waals surface area contributed by atoms with Crippen molar-refractivity contribution in [3.05, 3.63) is 29.6 Å². The van der Waals surface area contributed by atoms with E-state index in [1.807, 2.05) is 19.1 Å². The predicted octanol–water partition coefficient (Wildman–Crippen LogP) is 2.94. The molecule has 112 valence electrons. The molecular weight excluding hydrogens is 255 g/mol. The Kier molecular flexibility index (Phi) is 6.27. The fourth-order valence-corrected chi connectivity index (χ4v) is 2.54. The summed E-state index contributed by atoms with van der Waals surface area (Å²) < 4.78 is 19.2. The normalized spacial score (nSPS) is 15.0. The van der Waals surface area contributed by atoms with Crippen molar-refractivity contribution < 1.29 is 9.13 Å². The van der Waals surface area contributed by atoms with Gasteiger partial charge in [0.25, 0.3) is 0 Å². The van der Waals surface area contributed by atoms with Gasteiger partial charge in [-0.05, 0) is 50.4 Å². The van der Waals surface area contributed by atoms with E-state index in [0.29, 0.717) is 0 Å². The highest BCUT2D eigenvalue weighted by atomic mass is 19.1. The zero-order valence-electron chi connectivity index (χ0n) is 12.3. The van der Waals surface area contributed by atoms with E-state index in [-0.39, 0.29) is 5.82 Å². The second kappa shape index (κ2) is 8.22. The summed E-state index contributed by atoms with van der Waals surface area (Å²) in [5.74, 6) is -0.105. The summed E-state index contributed by atoms with van der Waals surface area (Å²) >= 11 is 0. The Morgan fingerprint density at radius 3 is 2.85 bits per heavy atom. The lowest BCUT2D eigenvalue weighted by molar-refractivity contribution is 0.144. The lowest BCUT2D eigenvalue weighted by Crippen LogP contribution is -2.20. The van der Waals surface area contributed by atoms with Crippen molar-refractivity contribution >= 4 is 5.69 Å². The monoisotopic (exact) mass is 280 g/mol. The van der Waals surface area contributed by atoms with Crippen molar-refractivity contribution in [1.29, 1.82) is 0 Å².